The number of anilines is 1. The molecule has 0 heterocycles. The van der Waals surface area contributed by atoms with Gasteiger partial charge in [-0.05, 0) is 37.4 Å². The van der Waals surface area contributed by atoms with Crippen molar-refractivity contribution in [3.8, 4) is 11.5 Å². The number of amides is 1. The van der Waals surface area contributed by atoms with Crippen LogP contribution in [0.4, 0.5) is 5.69 Å². The second kappa shape index (κ2) is 10.4. The molecule has 0 atom stereocenters. The Kier molecular flexibility index (Phi) is 7.58. The predicted octanol–water partition coefficient (Wildman–Crippen LogP) is 3.59. The Morgan fingerprint density at radius 2 is 1.75 bits per heavy atom. The first kappa shape index (κ1) is 23.4. The minimum atomic E-state index is -3.67. The molecule has 0 aromatic heterocycles. The van der Waals surface area contributed by atoms with Crippen molar-refractivity contribution < 1.29 is 22.7 Å². The van der Waals surface area contributed by atoms with Gasteiger partial charge in [0.25, 0.3) is 0 Å². The average Bonchev–Trinajstić information content (AvgIpc) is 2.74. The molecule has 0 unspecified atom stereocenters. The Morgan fingerprint density at radius 3 is 2.50 bits per heavy atom. The maximum Gasteiger partial charge on any atom is 0.240 e. The van der Waals surface area contributed by atoms with Gasteiger partial charge in [0.2, 0.25) is 15.9 Å². The van der Waals surface area contributed by atoms with Crippen molar-refractivity contribution in [3.63, 3.8) is 0 Å². The first-order valence-electron chi connectivity index (χ1n) is 10.4. The number of nitrogens with zero attached hydrogens (tertiary/aromatic N) is 1. The summed E-state index contributed by atoms with van der Waals surface area (Å²) in [4.78, 5) is 12.5. The van der Waals surface area contributed by atoms with Gasteiger partial charge < -0.3 is 14.8 Å². The number of carbonyl (C=O) groups excluding carboxylic acids is 1. The highest BCUT2D eigenvalue weighted by Gasteiger charge is 2.21. The highest BCUT2D eigenvalue weighted by Crippen LogP contribution is 2.25. The fourth-order valence-corrected chi connectivity index (χ4v) is 4.09. The van der Waals surface area contributed by atoms with E-state index in [0.29, 0.717) is 11.4 Å². The minimum absolute atomic E-state index is 0.0537. The summed E-state index contributed by atoms with van der Waals surface area (Å²) in [6.07, 6.45) is 1.02. The topological polar surface area (TPSA) is 84.9 Å². The van der Waals surface area contributed by atoms with Crippen molar-refractivity contribution in [2.24, 2.45) is 0 Å². The molecule has 0 aliphatic rings. The molecule has 32 heavy (non-hydrogen) atoms. The third-order valence-corrected chi connectivity index (χ3v) is 5.74. The normalized spacial score (nSPS) is 11.4. The molecule has 8 heteroatoms. The van der Waals surface area contributed by atoms with E-state index in [-0.39, 0.29) is 25.8 Å². The molecule has 0 radical (unpaired) electrons. The van der Waals surface area contributed by atoms with Crippen LogP contribution < -0.4 is 19.1 Å². The smallest absolute Gasteiger partial charge is 0.240 e. The van der Waals surface area contributed by atoms with Crippen molar-refractivity contribution in [3.05, 3.63) is 66.7 Å². The van der Waals surface area contributed by atoms with E-state index in [1.807, 2.05) is 56.3 Å². The maximum absolute atomic E-state index is 12.5. The zero-order valence-corrected chi connectivity index (χ0v) is 19.3. The monoisotopic (exact) mass is 456 g/mol. The Bertz CT molecular complexity index is 1170. The Labute approximate surface area is 189 Å². The van der Waals surface area contributed by atoms with E-state index in [2.05, 4.69) is 5.32 Å². The zero-order chi connectivity index (χ0) is 23.1. The van der Waals surface area contributed by atoms with E-state index >= 15 is 0 Å². The number of carbonyl (C=O) groups is 1. The molecule has 3 aromatic rings. The molecule has 0 fully saturated rings. The van der Waals surface area contributed by atoms with Gasteiger partial charge in [-0.25, -0.2) is 8.42 Å². The third-order valence-electron chi connectivity index (χ3n) is 4.60. The Morgan fingerprint density at radius 1 is 1.03 bits per heavy atom. The second-order valence-electron chi connectivity index (χ2n) is 7.61. The van der Waals surface area contributed by atoms with E-state index in [9.17, 15) is 13.2 Å². The highest BCUT2D eigenvalue weighted by atomic mass is 32.2. The molecule has 0 bridgehead atoms. The zero-order valence-electron chi connectivity index (χ0n) is 18.4. The van der Waals surface area contributed by atoms with E-state index in [0.717, 1.165) is 27.1 Å². The number of hydrogen-bond acceptors (Lipinski definition) is 5. The quantitative estimate of drug-likeness (QED) is 0.471. The van der Waals surface area contributed by atoms with Gasteiger partial charge in [-0.15, -0.1) is 0 Å². The Hall–Kier alpha value is -3.26. The number of hydrogen-bond donors (Lipinski definition) is 1. The molecule has 7 nitrogen and oxygen atoms in total. The molecule has 1 N–H and O–H groups in total. The molecule has 0 saturated heterocycles. The molecular weight excluding hydrogens is 428 g/mol. The SMILES string of the molecule is CC(C)Oc1cccc(N(CC(=O)NCCOc2cccc3ccccc23)S(C)(=O)=O)c1. The molecule has 3 aromatic carbocycles. The van der Waals surface area contributed by atoms with Crippen LogP contribution in [0.25, 0.3) is 10.8 Å². The number of rotatable bonds is 10. The lowest BCUT2D eigenvalue weighted by Crippen LogP contribution is -2.41. The van der Waals surface area contributed by atoms with Gasteiger partial charge in [-0.2, -0.15) is 0 Å². The third kappa shape index (κ3) is 6.37. The number of ether oxygens (including phenoxy) is 2. The number of nitrogens with one attached hydrogen (secondary N) is 1. The van der Waals surface area contributed by atoms with Crippen LogP contribution in [0, 0.1) is 0 Å². The van der Waals surface area contributed by atoms with Crippen LogP contribution in [0.5, 0.6) is 11.5 Å². The minimum Gasteiger partial charge on any atom is -0.491 e. The van der Waals surface area contributed by atoms with Crippen LogP contribution in [0.15, 0.2) is 66.7 Å². The van der Waals surface area contributed by atoms with Crippen molar-refractivity contribution in [2.75, 3.05) is 30.3 Å². The lowest BCUT2D eigenvalue weighted by molar-refractivity contribution is -0.119. The van der Waals surface area contributed by atoms with E-state index in [1.54, 1.807) is 24.3 Å². The summed E-state index contributed by atoms with van der Waals surface area (Å²) >= 11 is 0. The number of sulfonamides is 1. The predicted molar refractivity (Wildman–Crippen MR) is 127 cm³/mol. The van der Waals surface area contributed by atoms with Crippen LogP contribution in [0.1, 0.15) is 13.8 Å². The molecule has 0 spiro atoms. The summed E-state index contributed by atoms with van der Waals surface area (Å²) in [5.74, 6) is 0.847. The lowest BCUT2D eigenvalue weighted by atomic mass is 10.1. The fourth-order valence-electron chi connectivity index (χ4n) is 3.24. The largest absolute Gasteiger partial charge is 0.491 e. The molecular formula is C24H28N2O5S. The number of fused-ring (bicyclic) bond motifs is 1. The van der Waals surface area contributed by atoms with Gasteiger partial charge in [0.15, 0.2) is 0 Å². The van der Waals surface area contributed by atoms with Gasteiger partial charge in [0, 0.05) is 11.5 Å². The lowest BCUT2D eigenvalue weighted by Gasteiger charge is -2.22. The van der Waals surface area contributed by atoms with Crippen molar-refractivity contribution >= 4 is 32.4 Å². The molecule has 0 saturated carbocycles. The van der Waals surface area contributed by atoms with Crippen molar-refractivity contribution in [2.45, 2.75) is 20.0 Å². The van der Waals surface area contributed by atoms with Crippen LogP contribution >= 0.6 is 0 Å². The fraction of sp³-hybridized carbons (Fsp3) is 0.292. The average molecular weight is 457 g/mol. The number of benzene rings is 3. The van der Waals surface area contributed by atoms with Crippen molar-refractivity contribution in [1.29, 1.82) is 0 Å². The molecule has 3 rings (SSSR count). The van der Waals surface area contributed by atoms with Gasteiger partial charge in [-0.1, -0.05) is 42.5 Å². The molecule has 0 aliphatic carbocycles. The van der Waals surface area contributed by atoms with Crippen LogP contribution in [-0.2, 0) is 14.8 Å². The molecule has 0 aliphatic heterocycles. The summed E-state index contributed by atoms with van der Waals surface area (Å²) in [6.45, 7) is 3.94. The second-order valence-corrected chi connectivity index (χ2v) is 9.52. The van der Waals surface area contributed by atoms with Gasteiger partial charge in [0.1, 0.15) is 24.7 Å². The van der Waals surface area contributed by atoms with Gasteiger partial charge >= 0.3 is 0 Å². The van der Waals surface area contributed by atoms with E-state index in [4.69, 9.17) is 9.47 Å². The van der Waals surface area contributed by atoms with E-state index < -0.39 is 15.9 Å². The first-order valence-corrected chi connectivity index (χ1v) is 12.2. The maximum atomic E-state index is 12.5. The standard InChI is InChI=1S/C24H28N2O5S/c1-18(2)31-21-11-7-10-20(16-21)26(32(3,28)29)17-24(27)25-14-15-30-23-13-6-9-19-8-4-5-12-22(19)23/h4-13,16,18H,14-15,17H2,1-3H3,(H,25,27). The first-order chi connectivity index (χ1) is 15.2. The summed E-state index contributed by atoms with van der Waals surface area (Å²) in [6, 6.07) is 20.4. The highest BCUT2D eigenvalue weighted by molar-refractivity contribution is 7.92. The van der Waals surface area contributed by atoms with Crippen LogP contribution in [-0.4, -0.2) is 46.4 Å². The van der Waals surface area contributed by atoms with Gasteiger partial charge in [-0.3, -0.25) is 9.10 Å². The molecule has 170 valence electrons. The summed E-state index contributed by atoms with van der Waals surface area (Å²) in [7, 11) is -3.67. The van der Waals surface area contributed by atoms with Crippen LogP contribution in [0.3, 0.4) is 0 Å². The molecule has 1 amide bonds. The summed E-state index contributed by atoms with van der Waals surface area (Å²) in [5.41, 5.74) is 0.368. The van der Waals surface area contributed by atoms with Crippen molar-refractivity contribution in [1.82, 2.24) is 5.32 Å². The van der Waals surface area contributed by atoms with Crippen LogP contribution in [0.2, 0.25) is 0 Å². The van der Waals surface area contributed by atoms with E-state index in [1.165, 1.54) is 0 Å². The van der Waals surface area contributed by atoms with Gasteiger partial charge in [0.05, 0.1) is 24.6 Å². The summed E-state index contributed by atoms with van der Waals surface area (Å²) < 4.78 is 37.2. The summed E-state index contributed by atoms with van der Waals surface area (Å²) in [5, 5.41) is 4.78. The Balaban J connectivity index is 1.59.